The predicted octanol–water partition coefficient (Wildman–Crippen LogP) is 1.41. The summed E-state index contributed by atoms with van der Waals surface area (Å²) in [7, 11) is 0. The number of benzene rings is 1. The third-order valence-electron chi connectivity index (χ3n) is 4.07. The summed E-state index contributed by atoms with van der Waals surface area (Å²) in [6, 6.07) is 9.78. The number of carbonyl (C=O) groups excluding carboxylic acids is 2. The second-order valence-electron chi connectivity index (χ2n) is 5.79. The molecule has 5 heteroatoms. The number of piperidine rings is 1. The van der Waals surface area contributed by atoms with Crippen LogP contribution in [0.5, 0.6) is 0 Å². The molecule has 1 heterocycles. The number of nitrogens with zero attached hydrogens (tertiary/aromatic N) is 2. The zero-order valence-electron chi connectivity index (χ0n) is 13.1. The largest absolute Gasteiger partial charge is 0.393 e. The first-order valence-electron chi connectivity index (χ1n) is 7.81. The van der Waals surface area contributed by atoms with Crippen molar-refractivity contribution < 1.29 is 14.7 Å². The summed E-state index contributed by atoms with van der Waals surface area (Å²) in [5.41, 5.74) is 1.06. The van der Waals surface area contributed by atoms with Crippen molar-refractivity contribution in [2.24, 2.45) is 0 Å². The number of amides is 2. The van der Waals surface area contributed by atoms with E-state index >= 15 is 0 Å². The molecule has 0 aromatic heterocycles. The molecule has 120 valence electrons. The molecule has 0 atom stereocenters. The minimum atomic E-state index is -0.282. The molecule has 0 bridgehead atoms. The molecule has 2 amide bonds. The third-order valence-corrected chi connectivity index (χ3v) is 4.07. The molecule has 1 N–H and O–H groups in total. The molecule has 0 spiro atoms. The molecular weight excluding hydrogens is 280 g/mol. The van der Waals surface area contributed by atoms with E-state index in [9.17, 15) is 14.7 Å². The lowest BCUT2D eigenvalue weighted by Crippen LogP contribution is -2.41. The van der Waals surface area contributed by atoms with Gasteiger partial charge in [0.1, 0.15) is 0 Å². The van der Waals surface area contributed by atoms with E-state index in [1.807, 2.05) is 30.3 Å². The number of hydrogen-bond donors (Lipinski definition) is 1. The highest BCUT2D eigenvalue weighted by atomic mass is 16.3. The normalized spacial score (nSPS) is 15.6. The molecular formula is C17H24N2O3. The Morgan fingerprint density at radius 3 is 2.45 bits per heavy atom. The molecule has 0 aliphatic carbocycles. The molecule has 1 saturated heterocycles. The zero-order chi connectivity index (χ0) is 15.9. The van der Waals surface area contributed by atoms with Crippen LogP contribution in [0.1, 0.15) is 31.7 Å². The van der Waals surface area contributed by atoms with Crippen molar-refractivity contribution >= 4 is 11.8 Å². The summed E-state index contributed by atoms with van der Waals surface area (Å²) in [6.45, 7) is 3.71. The minimum Gasteiger partial charge on any atom is -0.393 e. The van der Waals surface area contributed by atoms with Crippen LogP contribution < -0.4 is 0 Å². The summed E-state index contributed by atoms with van der Waals surface area (Å²) in [5, 5.41) is 9.47. The van der Waals surface area contributed by atoms with Gasteiger partial charge in [-0.05, 0) is 18.4 Å². The molecule has 1 aromatic carbocycles. The SMILES string of the molecule is CC(=O)N(CCC(=O)N1CCC(O)CC1)Cc1ccccc1. The van der Waals surface area contributed by atoms with Crippen molar-refractivity contribution in [1.82, 2.24) is 9.80 Å². The topological polar surface area (TPSA) is 60.9 Å². The molecule has 0 radical (unpaired) electrons. The van der Waals surface area contributed by atoms with E-state index < -0.39 is 0 Å². The van der Waals surface area contributed by atoms with Gasteiger partial charge in [-0.25, -0.2) is 0 Å². The Morgan fingerprint density at radius 1 is 1.23 bits per heavy atom. The minimum absolute atomic E-state index is 0.0225. The van der Waals surface area contributed by atoms with E-state index in [2.05, 4.69) is 0 Å². The number of carbonyl (C=O) groups is 2. The van der Waals surface area contributed by atoms with Gasteiger partial charge in [0.2, 0.25) is 11.8 Å². The van der Waals surface area contributed by atoms with E-state index in [-0.39, 0.29) is 17.9 Å². The van der Waals surface area contributed by atoms with Crippen molar-refractivity contribution in [3.05, 3.63) is 35.9 Å². The molecule has 0 saturated carbocycles. The number of rotatable bonds is 5. The second-order valence-corrected chi connectivity index (χ2v) is 5.79. The Bertz CT molecular complexity index is 496. The van der Waals surface area contributed by atoms with Crippen LogP contribution in [0.2, 0.25) is 0 Å². The summed E-state index contributed by atoms with van der Waals surface area (Å²) < 4.78 is 0. The smallest absolute Gasteiger partial charge is 0.224 e. The van der Waals surface area contributed by atoms with Gasteiger partial charge in [-0.2, -0.15) is 0 Å². The quantitative estimate of drug-likeness (QED) is 0.894. The highest BCUT2D eigenvalue weighted by Crippen LogP contribution is 2.12. The van der Waals surface area contributed by atoms with Gasteiger partial charge in [0.25, 0.3) is 0 Å². The van der Waals surface area contributed by atoms with Crippen molar-refractivity contribution in [3.8, 4) is 0 Å². The average Bonchev–Trinajstić information content (AvgIpc) is 2.52. The van der Waals surface area contributed by atoms with Crippen molar-refractivity contribution in [2.75, 3.05) is 19.6 Å². The predicted molar refractivity (Wildman–Crippen MR) is 84.0 cm³/mol. The Balaban J connectivity index is 1.84. The Labute approximate surface area is 131 Å². The first kappa shape index (κ1) is 16.5. The van der Waals surface area contributed by atoms with E-state index in [1.165, 1.54) is 6.92 Å². The van der Waals surface area contributed by atoms with E-state index in [1.54, 1.807) is 9.80 Å². The molecule has 2 rings (SSSR count). The van der Waals surface area contributed by atoms with Gasteiger partial charge in [0.05, 0.1) is 6.10 Å². The van der Waals surface area contributed by atoms with Crippen LogP contribution in [0.4, 0.5) is 0 Å². The van der Waals surface area contributed by atoms with Gasteiger partial charge in [-0.15, -0.1) is 0 Å². The number of aliphatic hydroxyl groups is 1. The highest BCUT2D eigenvalue weighted by molar-refractivity contribution is 5.78. The second kappa shape index (κ2) is 7.94. The van der Waals surface area contributed by atoms with E-state index in [0.717, 1.165) is 5.56 Å². The molecule has 5 nitrogen and oxygen atoms in total. The number of likely N-dealkylation sites (tertiary alicyclic amines) is 1. The number of hydrogen-bond acceptors (Lipinski definition) is 3. The summed E-state index contributed by atoms with van der Waals surface area (Å²) >= 11 is 0. The van der Waals surface area contributed by atoms with Crippen molar-refractivity contribution in [1.29, 1.82) is 0 Å². The molecule has 1 aromatic rings. The fourth-order valence-corrected chi connectivity index (χ4v) is 2.66. The van der Waals surface area contributed by atoms with Gasteiger partial charge in [0, 0.05) is 39.5 Å². The molecule has 1 aliphatic heterocycles. The summed E-state index contributed by atoms with van der Waals surface area (Å²) in [6.07, 6.45) is 1.34. The van der Waals surface area contributed by atoms with Crippen LogP contribution in [0.25, 0.3) is 0 Å². The maximum absolute atomic E-state index is 12.2. The first-order valence-corrected chi connectivity index (χ1v) is 7.81. The van der Waals surface area contributed by atoms with Crippen LogP contribution >= 0.6 is 0 Å². The summed E-state index contributed by atoms with van der Waals surface area (Å²) in [5.74, 6) is 0.0388. The fraction of sp³-hybridized carbons (Fsp3) is 0.529. The Morgan fingerprint density at radius 2 is 1.86 bits per heavy atom. The molecule has 22 heavy (non-hydrogen) atoms. The third kappa shape index (κ3) is 4.84. The monoisotopic (exact) mass is 304 g/mol. The highest BCUT2D eigenvalue weighted by Gasteiger charge is 2.22. The van der Waals surface area contributed by atoms with Gasteiger partial charge in [-0.3, -0.25) is 9.59 Å². The zero-order valence-corrected chi connectivity index (χ0v) is 13.1. The van der Waals surface area contributed by atoms with Gasteiger partial charge >= 0.3 is 0 Å². The van der Waals surface area contributed by atoms with Gasteiger partial charge in [0.15, 0.2) is 0 Å². The number of aliphatic hydroxyl groups excluding tert-OH is 1. The molecule has 1 fully saturated rings. The van der Waals surface area contributed by atoms with Crippen LogP contribution in [0, 0.1) is 0 Å². The molecule has 0 unspecified atom stereocenters. The average molecular weight is 304 g/mol. The Kier molecular flexibility index (Phi) is 5.95. The Hall–Kier alpha value is -1.88. The van der Waals surface area contributed by atoms with Gasteiger partial charge < -0.3 is 14.9 Å². The van der Waals surface area contributed by atoms with E-state index in [0.29, 0.717) is 45.4 Å². The van der Waals surface area contributed by atoms with Gasteiger partial charge in [-0.1, -0.05) is 30.3 Å². The standard InChI is InChI=1S/C17H24N2O3/c1-14(20)19(13-15-5-3-2-4-6-15)12-9-17(22)18-10-7-16(21)8-11-18/h2-6,16,21H,7-13H2,1H3. The van der Waals surface area contributed by atoms with Crippen LogP contribution in [0.3, 0.4) is 0 Å². The van der Waals surface area contributed by atoms with Crippen LogP contribution in [-0.4, -0.2) is 52.5 Å². The summed E-state index contributed by atoms with van der Waals surface area (Å²) in [4.78, 5) is 27.4. The van der Waals surface area contributed by atoms with Crippen LogP contribution in [-0.2, 0) is 16.1 Å². The lowest BCUT2D eigenvalue weighted by Gasteiger charge is -2.30. The lowest BCUT2D eigenvalue weighted by atomic mass is 10.1. The maximum Gasteiger partial charge on any atom is 0.224 e. The lowest BCUT2D eigenvalue weighted by molar-refractivity contribution is -0.135. The van der Waals surface area contributed by atoms with Crippen molar-refractivity contribution in [2.45, 2.75) is 38.8 Å². The van der Waals surface area contributed by atoms with Crippen LogP contribution in [0.15, 0.2) is 30.3 Å². The van der Waals surface area contributed by atoms with Crippen molar-refractivity contribution in [3.63, 3.8) is 0 Å². The fourth-order valence-electron chi connectivity index (χ4n) is 2.66. The van der Waals surface area contributed by atoms with E-state index in [4.69, 9.17) is 0 Å². The molecule has 1 aliphatic rings. The first-order chi connectivity index (χ1) is 10.6. The maximum atomic E-state index is 12.2.